The summed E-state index contributed by atoms with van der Waals surface area (Å²) < 4.78 is 12.3. The van der Waals surface area contributed by atoms with Crippen LogP contribution in [0.1, 0.15) is 51.8 Å². The van der Waals surface area contributed by atoms with Crippen LogP contribution in [-0.2, 0) is 14.9 Å². The average Bonchev–Trinajstić information content (AvgIpc) is 3.44. The van der Waals surface area contributed by atoms with Gasteiger partial charge in [-0.25, -0.2) is 9.78 Å². The highest BCUT2D eigenvalue weighted by Crippen LogP contribution is 2.48. The molecule has 0 spiro atoms. The van der Waals surface area contributed by atoms with Gasteiger partial charge in [0.2, 0.25) is 0 Å². The van der Waals surface area contributed by atoms with Gasteiger partial charge < -0.3 is 19.7 Å². The number of hydrogen-bond donors (Lipinski definition) is 1. The zero-order chi connectivity index (χ0) is 23.1. The van der Waals surface area contributed by atoms with Crippen molar-refractivity contribution in [2.45, 2.75) is 64.5 Å². The van der Waals surface area contributed by atoms with Crippen molar-refractivity contribution in [3.05, 3.63) is 29.5 Å². The van der Waals surface area contributed by atoms with Crippen molar-refractivity contribution in [2.24, 2.45) is 0 Å². The number of aromatic nitrogens is 3. The Kier molecular flexibility index (Phi) is 5.59. The van der Waals surface area contributed by atoms with Crippen LogP contribution in [0.2, 0.25) is 0 Å². The minimum Gasteiger partial charge on any atom is -0.442 e. The summed E-state index contributed by atoms with van der Waals surface area (Å²) in [6, 6.07) is 8.32. The number of nitrogens with zero attached hydrogens (tertiary/aromatic N) is 5. The molecule has 2 fully saturated rings. The molecule has 1 saturated carbocycles. The predicted octanol–water partition coefficient (Wildman–Crippen LogP) is 3.89. The highest BCUT2D eigenvalue weighted by Gasteiger charge is 2.45. The van der Waals surface area contributed by atoms with Crippen LogP contribution in [0.25, 0.3) is 0 Å². The Bertz CT molecular complexity index is 1060. The van der Waals surface area contributed by atoms with Crippen molar-refractivity contribution in [3.8, 4) is 6.07 Å². The predicted molar refractivity (Wildman–Crippen MR) is 120 cm³/mol. The lowest BCUT2D eigenvalue weighted by Gasteiger charge is -2.34. The third kappa shape index (κ3) is 4.55. The average molecular weight is 439 g/mol. The van der Waals surface area contributed by atoms with Crippen molar-refractivity contribution in [3.63, 3.8) is 0 Å². The van der Waals surface area contributed by atoms with Gasteiger partial charge in [0.15, 0.2) is 0 Å². The Morgan fingerprint density at radius 1 is 1.34 bits per heavy atom. The molecule has 32 heavy (non-hydrogen) atoms. The molecule has 2 aromatic heterocycles. The fourth-order valence-corrected chi connectivity index (χ4v) is 3.83. The standard InChI is InChI=1S/C23H30N6O3/c1-15-10-20(29(27-15)21(30)32-22(3,4)5)26-18-11-17(23(14-24)6-7-23)12-19(25-18)28-8-9-31-13-16(28)2/h10-12,16H,6-9,13H2,1-5H3,(H,25,26)/t16-/m1/s1. The molecule has 0 radical (unpaired) electrons. The molecule has 0 unspecified atom stereocenters. The maximum atomic E-state index is 12.7. The number of carbonyl (C=O) groups excluding carboxylic acids is 1. The highest BCUT2D eigenvalue weighted by atomic mass is 16.6. The molecular weight excluding hydrogens is 408 g/mol. The van der Waals surface area contributed by atoms with Crippen molar-refractivity contribution >= 4 is 23.5 Å². The number of pyridine rings is 1. The van der Waals surface area contributed by atoms with Crippen LogP contribution in [0.4, 0.5) is 22.2 Å². The van der Waals surface area contributed by atoms with Gasteiger partial charge in [0, 0.05) is 12.6 Å². The van der Waals surface area contributed by atoms with E-state index in [2.05, 4.69) is 28.3 Å². The number of aryl methyl sites for hydroxylation is 1. The van der Waals surface area contributed by atoms with Crippen LogP contribution in [-0.4, -0.2) is 52.3 Å². The molecule has 0 bridgehead atoms. The number of nitrogens with one attached hydrogen (secondary N) is 1. The Labute approximate surface area is 188 Å². The first-order valence-corrected chi connectivity index (χ1v) is 11.0. The summed E-state index contributed by atoms with van der Waals surface area (Å²) in [5.74, 6) is 1.81. The molecule has 1 atom stereocenters. The van der Waals surface area contributed by atoms with Crippen LogP contribution >= 0.6 is 0 Å². The normalized spacial score (nSPS) is 19.9. The topological polar surface area (TPSA) is 105 Å². The van der Waals surface area contributed by atoms with Crippen molar-refractivity contribution < 1.29 is 14.3 Å². The highest BCUT2D eigenvalue weighted by molar-refractivity contribution is 5.76. The van der Waals surface area contributed by atoms with E-state index in [1.807, 2.05) is 39.8 Å². The van der Waals surface area contributed by atoms with E-state index in [4.69, 9.17) is 14.5 Å². The summed E-state index contributed by atoms with van der Waals surface area (Å²) in [4.78, 5) is 19.7. The van der Waals surface area contributed by atoms with E-state index in [0.717, 1.165) is 30.8 Å². The lowest BCUT2D eigenvalue weighted by Crippen LogP contribution is -2.44. The van der Waals surface area contributed by atoms with Crippen LogP contribution in [0.15, 0.2) is 18.2 Å². The number of rotatable bonds is 4. The van der Waals surface area contributed by atoms with Crippen molar-refractivity contribution in [1.29, 1.82) is 5.26 Å². The van der Waals surface area contributed by atoms with Gasteiger partial charge in [-0.05, 0) is 65.2 Å². The Hall–Kier alpha value is -3.12. The second-order valence-electron chi connectivity index (χ2n) is 9.60. The molecule has 3 heterocycles. The zero-order valence-electron chi connectivity index (χ0n) is 19.3. The minimum atomic E-state index is -0.642. The number of hydrogen-bond acceptors (Lipinski definition) is 8. The zero-order valence-corrected chi connectivity index (χ0v) is 19.3. The molecule has 2 aliphatic rings. The van der Waals surface area contributed by atoms with Gasteiger partial charge in [-0.3, -0.25) is 0 Å². The fourth-order valence-electron chi connectivity index (χ4n) is 3.83. The molecule has 2 aromatic rings. The SMILES string of the molecule is Cc1cc(Nc2cc(C3(C#N)CC3)cc(N3CCOC[C@H]3C)n2)n(C(=O)OC(C)(C)C)n1. The quantitative estimate of drug-likeness (QED) is 0.766. The molecule has 1 aliphatic carbocycles. The molecule has 9 nitrogen and oxygen atoms in total. The van der Waals surface area contributed by atoms with Crippen molar-refractivity contribution in [1.82, 2.24) is 14.8 Å². The maximum absolute atomic E-state index is 12.7. The molecule has 1 saturated heterocycles. The Morgan fingerprint density at radius 2 is 2.09 bits per heavy atom. The van der Waals surface area contributed by atoms with E-state index in [-0.39, 0.29) is 6.04 Å². The van der Waals surface area contributed by atoms with Gasteiger partial charge in [-0.15, -0.1) is 4.68 Å². The monoisotopic (exact) mass is 438 g/mol. The van der Waals surface area contributed by atoms with Gasteiger partial charge in [-0.2, -0.15) is 10.4 Å². The fraction of sp³-hybridized carbons (Fsp3) is 0.565. The smallest absolute Gasteiger partial charge is 0.437 e. The third-order valence-corrected chi connectivity index (χ3v) is 5.64. The van der Waals surface area contributed by atoms with E-state index in [1.54, 1.807) is 6.07 Å². The number of carbonyl (C=O) groups is 1. The number of ether oxygens (including phenoxy) is 2. The van der Waals surface area contributed by atoms with E-state index in [1.165, 1.54) is 4.68 Å². The van der Waals surface area contributed by atoms with E-state index >= 15 is 0 Å². The molecule has 0 aromatic carbocycles. The van der Waals surface area contributed by atoms with Crippen LogP contribution < -0.4 is 10.2 Å². The van der Waals surface area contributed by atoms with E-state index < -0.39 is 17.1 Å². The second-order valence-corrected chi connectivity index (χ2v) is 9.60. The summed E-state index contributed by atoms with van der Waals surface area (Å²) in [6.45, 7) is 11.3. The third-order valence-electron chi connectivity index (χ3n) is 5.64. The molecule has 0 amide bonds. The molecule has 4 rings (SSSR count). The van der Waals surface area contributed by atoms with Crippen LogP contribution in [0.3, 0.4) is 0 Å². The second kappa shape index (κ2) is 8.10. The maximum Gasteiger partial charge on any atom is 0.437 e. The first kappa shape index (κ1) is 22.1. The molecule has 1 N–H and O–H groups in total. The van der Waals surface area contributed by atoms with E-state index in [9.17, 15) is 10.1 Å². The molecular formula is C23H30N6O3. The number of nitriles is 1. The first-order valence-electron chi connectivity index (χ1n) is 11.0. The minimum absolute atomic E-state index is 0.172. The molecule has 9 heteroatoms. The summed E-state index contributed by atoms with van der Waals surface area (Å²) in [5, 5.41) is 17.3. The number of morpholine rings is 1. The summed E-state index contributed by atoms with van der Waals surface area (Å²) >= 11 is 0. The van der Waals surface area contributed by atoms with Crippen LogP contribution in [0, 0.1) is 18.3 Å². The van der Waals surface area contributed by atoms with Gasteiger partial charge in [-0.1, -0.05) is 0 Å². The molecule has 1 aliphatic heterocycles. The summed E-state index contributed by atoms with van der Waals surface area (Å²) in [7, 11) is 0. The van der Waals surface area contributed by atoms with Crippen molar-refractivity contribution in [2.75, 3.05) is 30.0 Å². The summed E-state index contributed by atoms with van der Waals surface area (Å²) in [6.07, 6.45) is 1.10. The van der Waals surface area contributed by atoms with Gasteiger partial charge in [0.25, 0.3) is 0 Å². The van der Waals surface area contributed by atoms with Gasteiger partial charge in [0.05, 0.1) is 36.4 Å². The lowest BCUT2D eigenvalue weighted by atomic mass is 9.98. The largest absolute Gasteiger partial charge is 0.442 e. The lowest BCUT2D eigenvalue weighted by molar-refractivity contribution is 0.0518. The van der Waals surface area contributed by atoms with Crippen LogP contribution in [0.5, 0.6) is 0 Å². The first-order chi connectivity index (χ1) is 15.1. The number of anilines is 3. The Balaban J connectivity index is 1.70. The van der Waals surface area contributed by atoms with E-state index in [0.29, 0.717) is 30.5 Å². The molecule has 170 valence electrons. The van der Waals surface area contributed by atoms with Gasteiger partial charge >= 0.3 is 6.09 Å². The van der Waals surface area contributed by atoms with Gasteiger partial charge in [0.1, 0.15) is 23.1 Å². The Morgan fingerprint density at radius 3 is 2.72 bits per heavy atom. The summed E-state index contributed by atoms with van der Waals surface area (Å²) in [5.41, 5.74) is 0.501.